The Kier molecular flexibility index (Phi) is 6.17. The van der Waals surface area contributed by atoms with Crippen LogP contribution in [0.4, 0.5) is 0 Å². The van der Waals surface area contributed by atoms with Gasteiger partial charge in [0.1, 0.15) is 5.60 Å². The Morgan fingerprint density at radius 1 is 1.30 bits per heavy atom. The van der Waals surface area contributed by atoms with Gasteiger partial charge in [-0.3, -0.25) is 4.79 Å². The first kappa shape index (κ1) is 16.7. The molecule has 0 aliphatic heterocycles. The summed E-state index contributed by atoms with van der Waals surface area (Å²) >= 11 is 0. The average molecular weight is 279 g/mol. The van der Waals surface area contributed by atoms with Crippen LogP contribution in [0.1, 0.15) is 31.9 Å². The highest BCUT2D eigenvalue weighted by Gasteiger charge is 2.16. The molecule has 0 fully saturated rings. The SMILES string of the molecule is COC[C@@H](N)Cc1cccc(CC(=O)OC(C)(C)C)c1. The monoisotopic (exact) mass is 279 g/mol. The summed E-state index contributed by atoms with van der Waals surface area (Å²) in [6, 6.07) is 7.84. The minimum Gasteiger partial charge on any atom is -0.460 e. The summed E-state index contributed by atoms with van der Waals surface area (Å²) in [7, 11) is 1.64. The van der Waals surface area contributed by atoms with Crippen molar-refractivity contribution in [2.75, 3.05) is 13.7 Å². The van der Waals surface area contributed by atoms with E-state index in [1.54, 1.807) is 7.11 Å². The van der Waals surface area contributed by atoms with Crippen molar-refractivity contribution in [3.63, 3.8) is 0 Å². The van der Waals surface area contributed by atoms with Crippen LogP contribution in [0, 0.1) is 0 Å². The summed E-state index contributed by atoms with van der Waals surface area (Å²) in [6.45, 7) is 6.12. The normalized spacial score (nSPS) is 13.1. The second-order valence-corrected chi connectivity index (χ2v) is 6.00. The van der Waals surface area contributed by atoms with Crippen molar-refractivity contribution in [1.82, 2.24) is 0 Å². The zero-order valence-corrected chi connectivity index (χ0v) is 12.8. The van der Waals surface area contributed by atoms with Crippen molar-refractivity contribution in [3.05, 3.63) is 35.4 Å². The highest BCUT2D eigenvalue weighted by Crippen LogP contribution is 2.12. The molecule has 1 atom stereocenters. The smallest absolute Gasteiger partial charge is 0.310 e. The van der Waals surface area contributed by atoms with E-state index in [4.69, 9.17) is 15.2 Å². The molecule has 4 heteroatoms. The Balaban J connectivity index is 2.62. The standard InChI is InChI=1S/C16H25NO3/c1-16(2,3)20-15(18)10-13-7-5-6-12(8-13)9-14(17)11-19-4/h5-8,14H,9-11,17H2,1-4H3/t14-/m0/s1. The van der Waals surface area contributed by atoms with Crippen LogP contribution in [0.2, 0.25) is 0 Å². The summed E-state index contributed by atoms with van der Waals surface area (Å²) in [5.74, 6) is -0.212. The molecule has 0 heterocycles. The fourth-order valence-electron chi connectivity index (χ4n) is 1.99. The minimum absolute atomic E-state index is 0.0308. The molecular formula is C16H25NO3. The zero-order valence-electron chi connectivity index (χ0n) is 12.8. The van der Waals surface area contributed by atoms with Crippen molar-refractivity contribution in [3.8, 4) is 0 Å². The van der Waals surface area contributed by atoms with Crippen LogP contribution in [-0.4, -0.2) is 31.3 Å². The molecule has 0 aliphatic carbocycles. The second-order valence-electron chi connectivity index (χ2n) is 6.00. The number of carbonyl (C=O) groups is 1. The first-order valence-corrected chi connectivity index (χ1v) is 6.84. The molecule has 0 unspecified atom stereocenters. The Bertz CT molecular complexity index is 438. The van der Waals surface area contributed by atoms with Crippen molar-refractivity contribution in [2.45, 2.75) is 45.3 Å². The Morgan fingerprint density at radius 2 is 1.95 bits per heavy atom. The molecule has 0 saturated heterocycles. The van der Waals surface area contributed by atoms with Gasteiger partial charge < -0.3 is 15.2 Å². The molecule has 0 bridgehead atoms. The second kappa shape index (κ2) is 7.41. The van der Waals surface area contributed by atoms with Gasteiger partial charge in [0.05, 0.1) is 13.0 Å². The number of ether oxygens (including phenoxy) is 2. The third-order valence-corrected chi connectivity index (χ3v) is 2.64. The molecule has 0 aromatic heterocycles. The molecule has 0 aliphatic rings. The van der Waals surface area contributed by atoms with Gasteiger partial charge in [0.25, 0.3) is 0 Å². The number of hydrogen-bond donors (Lipinski definition) is 1. The quantitative estimate of drug-likeness (QED) is 0.810. The average Bonchev–Trinajstić information content (AvgIpc) is 2.26. The fourth-order valence-corrected chi connectivity index (χ4v) is 1.99. The van der Waals surface area contributed by atoms with Crippen LogP contribution in [0.5, 0.6) is 0 Å². The number of esters is 1. The Labute approximate surface area is 121 Å². The number of methoxy groups -OCH3 is 1. The number of nitrogens with two attached hydrogens (primary N) is 1. The lowest BCUT2D eigenvalue weighted by Crippen LogP contribution is -2.28. The number of rotatable bonds is 6. The van der Waals surface area contributed by atoms with E-state index in [-0.39, 0.29) is 18.4 Å². The maximum absolute atomic E-state index is 11.8. The maximum Gasteiger partial charge on any atom is 0.310 e. The van der Waals surface area contributed by atoms with E-state index in [0.29, 0.717) is 6.61 Å². The van der Waals surface area contributed by atoms with Gasteiger partial charge in [-0.1, -0.05) is 24.3 Å². The van der Waals surface area contributed by atoms with E-state index >= 15 is 0 Å². The maximum atomic E-state index is 11.8. The summed E-state index contributed by atoms with van der Waals surface area (Å²) in [4.78, 5) is 11.8. The molecule has 0 amide bonds. The lowest BCUT2D eigenvalue weighted by Gasteiger charge is -2.19. The summed E-state index contributed by atoms with van der Waals surface area (Å²) < 4.78 is 10.3. The van der Waals surface area contributed by atoms with Crippen LogP contribution < -0.4 is 5.73 Å². The topological polar surface area (TPSA) is 61.5 Å². The van der Waals surface area contributed by atoms with Gasteiger partial charge in [-0.25, -0.2) is 0 Å². The van der Waals surface area contributed by atoms with E-state index in [1.807, 2.05) is 45.0 Å². The van der Waals surface area contributed by atoms with Crippen molar-refractivity contribution >= 4 is 5.97 Å². The first-order valence-electron chi connectivity index (χ1n) is 6.84. The summed E-state index contributed by atoms with van der Waals surface area (Å²) in [6.07, 6.45) is 1.01. The predicted octanol–water partition coefficient (Wildman–Crippen LogP) is 2.09. The first-order chi connectivity index (χ1) is 9.30. The van der Waals surface area contributed by atoms with E-state index in [9.17, 15) is 4.79 Å². The van der Waals surface area contributed by atoms with Gasteiger partial charge in [-0.2, -0.15) is 0 Å². The third kappa shape index (κ3) is 6.68. The number of hydrogen-bond acceptors (Lipinski definition) is 4. The van der Waals surface area contributed by atoms with Crippen molar-refractivity contribution in [1.29, 1.82) is 0 Å². The van der Waals surface area contributed by atoms with E-state index < -0.39 is 5.60 Å². The molecule has 0 radical (unpaired) electrons. The largest absolute Gasteiger partial charge is 0.460 e. The van der Waals surface area contributed by atoms with Gasteiger partial charge in [-0.05, 0) is 38.3 Å². The van der Waals surface area contributed by atoms with E-state index in [0.717, 1.165) is 17.5 Å². The van der Waals surface area contributed by atoms with Gasteiger partial charge in [0, 0.05) is 13.2 Å². The fraction of sp³-hybridized carbons (Fsp3) is 0.562. The molecule has 112 valence electrons. The molecule has 1 aromatic rings. The molecule has 1 aromatic carbocycles. The Morgan fingerprint density at radius 3 is 2.55 bits per heavy atom. The van der Waals surface area contributed by atoms with Crippen LogP contribution in [0.15, 0.2) is 24.3 Å². The summed E-state index contributed by atoms with van der Waals surface area (Å²) in [5.41, 5.74) is 7.54. The number of carbonyl (C=O) groups excluding carboxylic acids is 1. The van der Waals surface area contributed by atoms with E-state index in [2.05, 4.69) is 0 Å². The summed E-state index contributed by atoms with van der Waals surface area (Å²) in [5, 5.41) is 0. The van der Waals surface area contributed by atoms with Crippen LogP contribution in [-0.2, 0) is 27.1 Å². The molecular weight excluding hydrogens is 254 g/mol. The number of benzene rings is 1. The van der Waals surface area contributed by atoms with Gasteiger partial charge in [-0.15, -0.1) is 0 Å². The zero-order chi connectivity index (χ0) is 15.2. The van der Waals surface area contributed by atoms with Crippen molar-refractivity contribution in [2.24, 2.45) is 5.73 Å². The lowest BCUT2D eigenvalue weighted by atomic mass is 10.0. The predicted molar refractivity (Wildman–Crippen MR) is 79.5 cm³/mol. The third-order valence-electron chi connectivity index (χ3n) is 2.64. The molecule has 1 rings (SSSR count). The Hall–Kier alpha value is -1.39. The van der Waals surface area contributed by atoms with Crippen LogP contribution in [0.3, 0.4) is 0 Å². The molecule has 4 nitrogen and oxygen atoms in total. The van der Waals surface area contributed by atoms with Crippen LogP contribution in [0.25, 0.3) is 0 Å². The van der Waals surface area contributed by atoms with Crippen LogP contribution >= 0.6 is 0 Å². The van der Waals surface area contributed by atoms with Crippen molar-refractivity contribution < 1.29 is 14.3 Å². The van der Waals surface area contributed by atoms with E-state index in [1.165, 1.54) is 0 Å². The molecule has 0 saturated carbocycles. The lowest BCUT2D eigenvalue weighted by molar-refractivity contribution is -0.153. The van der Waals surface area contributed by atoms with Gasteiger partial charge >= 0.3 is 5.97 Å². The molecule has 20 heavy (non-hydrogen) atoms. The highest BCUT2D eigenvalue weighted by atomic mass is 16.6. The van der Waals surface area contributed by atoms with Gasteiger partial charge in [0.2, 0.25) is 0 Å². The minimum atomic E-state index is -0.449. The molecule has 0 spiro atoms. The molecule has 2 N–H and O–H groups in total. The van der Waals surface area contributed by atoms with Gasteiger partial charge in [0.15, 0.2) is 0 Å². The highest BCUT2D eigenvalue weighted by molar-refractivity contribution is 5.73.